The minimum absolute atomic E-state index is 0.0225. The van der Waals surface area contributed by atoms with E-state index in [1.165, 1.54) is 50.3 Å². The van der Waals surface area contributed by atoms with Crippen LogP contribution in [0.4, 0.5) is 11.4 Å². The van der Waals surface area contributed by atoms with E-state index in [0.717, 1.165) is 39.4 Å². The molecule has 0 unspecified atom stereocenters. The zero-order valence-electron chi connectivity index (χ0n) is 37.0. The van der Waals surface area contributed by atoms with Crippen LogP contribution >= 0.6 is 0 Å². The molecule has 0 N–H and O–H groups in total. The Bertz CT molecular complexity index is 2900. The van der Waals surface area contributed by atoms with Crippen molar-refractivity contribution in [1.29, 1.82) is 0 Å². The fourth-order valence-corrected chi connectivity index (χ4v) is 8.92. The lowest BCUT2D eigenvalue weighted by molar-refractivity contribution is 0.444. The molecule has 306 valence electrons. The Balaban J connectivity index is 1.10. The van der Waals surface area contributed by atoms with Crippen molar-refractivity contribution in [3.8, 4) is 39.6 Å². The van der Waals surface area contributed by atoms with Gasteiger partial charge < -0.3 is 14.5 Å². The SMILES string of the molecule is CC(C)(C)C1=C(C(C)(C)C)N(c2cccc(Oc3ccc4c5cc(-c6ccccc6)ccc5n(-c5cc(C(C)(C)C)ccn5)c4c3)c2)CN1c1ccc(-c2ccccc2)cc1. The molecule has 6 aromatic carbocycles. The Morgan fingerprint density at radius 1 is 0.443 bits per heavy atom. The van der Waals surface area contributed by atoms with Gasteiger partial charge in [-0.1, -0.05) is 147 Å². The van der Waals surface area contributed by atoms with Crippen LogP contribution in [0.25, 0.3) is 49.9 Å². The summed E-state index contributed by atoms with van der Waals surface area (Å²) in [5.41, 5.74) is 12.9. The highest BCUT2D eigenvalue weighted by Crippen LogP contribution is 2.48. The summed E-state index contributed by atoms with van der Waals surface area (Å²) in [5, 5.41) is 2.33. The summed E-state index contributed by atoms with van der Waals surface area (Å²) in [6.07, 6.45) is 1.93. The molecule has 5 heteroatoms. The van der Waals surface area contributed by atoms with E-state index >= 15 is 0 Å². The van der Waals surface area contributed by atoms with Crippen molar-refractivity contribution in [3.63, 3.8) is 0 Å². The van der Waals surface area contributed by atoms with E-state index in [0.29, 0.717) is 6.67 Å². The number of aromatic nitrogens is 2. The first-order valence-electron chi connectivity index (χ1n) is 21.5. The fraction of sp³-hybridized carbons (Fsp3) is 0.232. The van der Waals surface area contributed by atoms with Crippen molar-refractivity contribution < 1.29 is 4.74 Å². The van der Waals surface area contributed by atoms with Gasteiger partial charge in [0.05, 0.1) is 17.7 Å². The van der Waals surface area contributed by atoms with Crippen LogP contribution in [-0.2, 0) is 5.41 Å². The van der Waals surface area contributed by atoms with Crippen molar-refractivity contribution in [3.05, 3.63) is 181 Å². The molecule has 61 heavy (non-hydrogen) atoms. The highest BCUT2D eigenvalue weighted by Gasteiger charge is 2.41. The molecular formula is C56H56N4O. The second-order valence-corrected chi connectivity index (χ2v) is 19.5. The van der Waals surface area contributed by atoms with E-state index in [1.54, 1.807) is 0 Å². The topological polar surface area (TPSA) is 33.5 Å². The average molecular weight is 801 g/mol. The summed E-state index contributed by atoms with van der Waals surface area (Å²) in [7, 11) is 0. The van der Waals surface area contributed by atoms with E-state index in [2.05, 4.69) is 234 Å². The molecule has 9 rings (SSSR count). The van der Waals surface area contributed by atoms with Gasteiger partial charge in [0, 0.05) is 62.7 Å². The second kappa shape index (κ2) is 15.1. The molecule has 1 aliphatic heterocycles. The van der Waals surface area contributed by atoms with Crippen LogP contribution in [0, 0.1) is 10.8 Å². The summed E-state index contributed by atoms with van der Waals surface area (Å²) >= 11 is 0. The quantitative estimate of drug-likeness (QED) is 0.161. The number of fused-ring (bicyclic) bond motifs is 3. The molecule has 0 bridgehead atoms. The lowest BCUT2D eigenvalue weighted by Crippen LogP contribution is -2.31. The summed E-state index contributed by atoms with van der Waals surface area (Å²) in [6, 6.07) is 56.4. The molecule has 0 fully saturated rings. The minimum atomic E-state index is -0.130. The average Bonchev–Trinajstić information content (AvgIpc) is 3.82. The Hall–Kier alpha value is -6.59. The third-order valence-corrected chi connectivity index (χ3v) is 11.8. The Kier molecular flexibility index (Phi) is 9.90. The number of pyridine rings is 1. The van der Waals surface area contributed by atoms with Crippen LogP contribution in [0.5, 0.6) is 11.5 Å². The maximum absolute atomic E-state index is 6.84. The van der Waals surface area contributed by atoms with Crippen LogP contribution < -0.4 is 14.5 Å². The van der Waals surface area contributed by atoms with Gasteiger partial charge in [-0.3, -0.25) is 4.57 Å². The molecule has 3 heterocycles. The summed E-state index contributed by atoms with van der Waals surface area (Å²) < 4.78 is 9.13. The predicted octanol–water partition coefficient (Wildman–Crippen LogP) is 15.2. The number of hydrogen-bond acceptors (Lipinski definition) is 4. The van der Waals surface area contributed by atoms with Crippen LogP contribution in [0.1, 0.15) is 67.9 Å². The van der Waals surface area contributed by atoms with E-state index in [9.17, 15) is 0 Å². The summed E-state index contributed by atoms with van der Waals surface area (Å²) in [4.78, 5) is 9.94. The number of benzene rings is 6. The standard InChI is InChI=1S/C56H56N4O/c1-54(2,3)42-31-32-57-51(34-42)60-49-30-25-41(39-19-14-11-15-20-39)33-48(49)47-29-28-46(36-50(47)60)61-45-22-16-21-44(35-45)59-37-58(52(55(4,5)6)53(59)56(7,8)9)43-26-23-40(24-27-43)38-17-12-10-13-18-38/h10-36H,37H2,1-9H3. The predicted molar refractivity (Wildman–Crippen MR) is 257 cm³/mol. The smallest absolute Gasteiger partial charge is 0.137 e. The zero-order chi connectivity index (χ0) is 42.7. The van der Waals surface area contributed by atoms with Crippen molar-refractivity contribution in [2.45, 2.75) is 67.7 Å². The van der Waals surface area contributed by atoms with Crippen molar-refractivity contribution >= 4 is 33.2 Å². The number of rotatable bonds is 7. The van der Waals surface area contributed by atoms with Crippen molar-refractivity contribution in [1.82, 2.24) is 9.55 Å². The lowest BCUT2D eigenvalue weighted by atomic mass is 9.82. The number of anilines is 2. The van der Waals surface area contributed by atoms with Crippen LogP contribution in [0.2, 0.25) is 0 Å². The molecule has 1 aliphatic rings. The molecule has 2 aromatic heterocycles. The van der Waals surface area contributed by atoms with E-state index in [1.807, 2.05) is 6.20 Å². The van der Waals surface area contributed by atoms with E-state index in [-0.39, 0.29) is 16.2 Å². The largest absolute Gasteiger partial charge is 0.457 e. The number of hydrogen-bond donors (Lipinski definition) is 0. The molecule has 0 amide bonds. The molecule has 5 nitrogen and oxygen atoms in total. The maximum Gasteiger partial charge on any atom is 0.137 e. The monoisotopic (exact) mass is 800 g/mol. The highest BCUT2D eigenvalue weighted by molar-refractivity contribution is 6.10. The summed E-state index contributed by atoms with van der Waals surface area (Å²) in [5.74, 6) is 2.45. The first-order chi connectivity index (χ1) is 29.1. The van der Waals surface area contributed by atoms with Crippen molar-refractivity contribution in [2.75, 3.05) is 16.5 Å². The summed E-state index contributed by atoms with van der Waals surface area (Å²) in [6.45, 7) is 21.4. The number of ether oxygens (including phenoxy) is 1. The number of nitrogens with zero attached hydrogens (tertiary/aromatic N) is 4. The van der Waals surface area contributed by atoms with Crippen LogP contribution in [0.3, 0.4) is 0 Å². The highest BCUT2D eigenvalue weighted by atomic mass is 16.5. The van der Waals surface area contributed by atoms with E-state index in [4.69, 9.17) is 9.72 Å². The minimum Gasteiger partial charge on any atom is -0.457 e. The van der Waals surface area contributed by atoms with Gasteiger partial charge in [-0.05, 0) is 93.9 Å². The third-order valence-electron chi connectivity index (χ3n) is 11.8. The third kappa shape index (κ3) is 7.70. The van der Waals surface area contributed by atoms with Gasteiger partial charge in [0.1, 0.15) is 17.3 Å². The molecule has 0 aliphatic carbocycles. The first-order valence-corrected chi connectivity index (χ1v) is 21.5. The van der Waals surface area contributed by atoms with Gasteiger partial charge in [0.2, 0.25) is 0 Å². The van der Waals surface area contributed by atoms with Gasteiger partial charge in [-0.2, -0.15) is 0 Å². The van der Waals surface area contributed by atoms with Crippen LogP contribution in [-0.4, -0.2) is 16.2 Å². The van der Waals surface area contributed by atoms with Gasteiger partial charge in [0.25, 0.3) is 0 Å². The van der Waals surface area contributed by atoms with Gasteiger partial charge in [-0.25, -0.2) is 4.98 Å². The van der Waals surface area contributed by atoms with Crippen LogP contribution in [0.15, 0.2) is 175 Å². The second-order valence-electron chi connectivity index (χ2n) is 19.5. The number of allylic oxidation sites excluding steroid dienone is 2. The van der Waals surface area contributed by atoms with Gasteiger partial charge >= 0.3 is 0 Å². The first kappa shape index (κ1) is 39.8. The van der Waals surface area contributed by atoms with Crippen molar-refractivity contribution in [2.24, 2.45) is 10.8 Å². The molecule has 0 spiro atoms. The van der Waals surface area contributed by atoms with Gasteiger partial charge in [0.15, 0.2) is 0 Å². The molecule has 0 atom stereocenters. The zero-order valence-corrected chi connectivity index (χ0v) is 37.0. The molecule has 8 aromatic rings. The normalized spacial score (nSPS) is 13.8. The van der Waals surface area contributed by atoms with Gasteiger partial charge in [-0.15, -0.1) is 0 Å². The molecule has 0 saturated heterocycles. The fourth-order valence-electron chi connectivity index (χ4n) is 8.92. The maximum atomic E-state index is 6.84. The molecule has 0 saturated carbocycles. The molecular weight excluding hydrogens is 745 g/mol. The lowest BCUT2D eigenvalue weighted by Gasteiger charge is -2.34. The molecule has 0 radical (unpaired) electrons. The van der Waals surface area contributed by atoms with E-state index < -0.39 is 0 Å². The Morgan fingerprint density at radius 2 is 1.03 bits per heavy atom. The Labute approximate surface area is 361 Å². The Morgan fingerprint density at radius 3 is 1.67 bits per heavy atom.